The Morgan fingerprint density at radius 1 is 1.21 bits per heavy atom. The zero-order valence-corrected chi connectivity index (χ0v) is 12.5. The number of piperazine rings is 1. The van der Waals surface area contributed by atoms with Crippen LogP contribution in [0.25, 0.3) is 0 Å². The molecule has 4 nitrogen and oxygen atoms in total. The standard InChI is InChI=1S/C13H19N3O.C2H6/c1-11(2)16-8-7-15(10-13(16)17)9-12-3-5-14-6-4-12;1-2/h3-6,11H,7-10H2,1-2H3;1-2H3. The highest BCUT2D eigenvalue weighted by Gasteiger charge is 2.25. The second kappa shape index (κ2) is 7.89. The summed E-state index contributed by atoms with van der Waals surface area (Å²) in [6.07, 6.45) is 3.59. The predicted octanol–water partition coefficient (Wildman–Crippen LogP) is 2.16. The zero-order valence-electron chi connectivity index (χ0n) is 12.5. The van der Waals surface area contributed by atoms with E-state index in [4.69, 9.17) is 0 Å². The molecule has 1 aromatic rings. The zero-order chi connectivity index (χ0) is 14.3. The maximum atomic E-state index is 11.9. The fraction of sp³-hybridized carbons (Fsp3) is 0.600. The smallest absolute Gasteiger partial charge is 0.237 e. The van der Waals surface area contributed by atoms with Gasteiger partial charge >= 0.3 is 0 Å². The minimum absolute atomic E-state index is 0.236. The number of pyridine rings is 1. The number of amides is 1. The van der Waals surface area contributed by atoms with Crippen LogP contribution in [0.3, 0.4) is 0 Å². The van der Waals surface area contributed by atoms with Crippen LogP contribution < -0.4 is 0 Å². The fourth-order valence-corrected chi connectivity index (χ4v) is 2.16. The average molecular weight is 263 g/mol. The Morgan fingerprint density at radius 3 is 2.37 bits per heavy atom. The number of hydrogen-bond donors (Lipinski definition) is 0. The molecule has 4 heteroatoms. The summed E-state index contributed by atoms with van der Waals surface area (Å²) in [5.74, 6) is 0.236. The van der Waals surface area contributed by atoms with Crippen LogP contribution in [-0.4, -0.2) is 46.4 Å². The predicted molar refractivity (Wildman–Crippen MR) is 77.7 cm³/mol. The van der Waals surface area contributed by atoms with Crippen molar-refractivity contribution in [1.82, 2.24) is 14.8 Å². The SMILES string of the molecule is CC.CC(C)N1CCN(Cc2ccncc2)CC1=O. The fourth-order valence-electron chi connectivity index (χ4n) is 2.16. The van der Waals surface area contributed by atoms with Gasteiger partial charge in [-0.15, -0.1) is 0 Å². The molecule has 106 valence electrons. The van der Waals surface area contributed by atoms with Gasteiger partial charge in [-0.05, 0) is 31.5 Å². The van der Waals surface area contributed by atoms with E-state index in [9.17, 15) is 4.79 Å². The van der Waals surface area contributed by atoms with Crippen LogP contribution in [0.1, 0.15) is 33.3 Å². The van der Waals surface area contributed by atoms with Crippen molar-refractivity contribution in [3.63, 3.8) is 0 Å². The molecule has 0 saturated carbocycles. The summed E-state index contributed by atoms with van der Waals surface area (Å²) in [6, 6.07) is 4.31. The van der Waals surface area contributed by atoms with Crippen molar-refractivity contribution in [2.24, 2.45) is 0 Å². The van der Waals surface area contributed by atoms with Crippen LogP contribution in [0, 0.1) is 0 Å². The Bertz CT molecular complexity index is 378. The summed E-state index contributed by atoms with van der Waals surface area (Å²) in [5, 5.41) is 0. The first-order valence-electron chi connectivity index (χ1n) is 7.07. The molecular weight excluding hydrogens is 238 g/mol. The van der Waals surface area contributed by atoms with Crippen LogP contribution in [0.15, 0.2) is 24.5 Å². The molecule has 0 aromatic carbocycles. The Morgan fingerprint density at radius 2 is 1.84 bits per heavy atom. The van der Waals surface area contributed by atoms with Gasteiger partial charge in [0.2, 0.25) is 5.91 Å². The summed E-state index contributed by atoms with van der Waals surface area (Å²) in [4.78, 5) is 20.0. The van der Waals surface area contributed by atoms with E-state index >= 15 is 0 Å². The Labute approximate surface area is 116 Å². The average Bonchev–Trinajstić information content (AvgIpc) is 2.42. The van der Waals surface area contributed by atoms with Crippen molar-refractivity contribution >= 4 is 5.91 Å². The van der Waals surface area contributed by atoms with Crippen molar-refractivity contribution < 1.29 is 4.79 Å². The van der Waals surface area contributed by atoms with E-state index in [0.29, 0.717) is 12.6 Å². The van der Waals surface area contributed by atoms with E-state index in [1.54, 1.807) is 12.4 Å². The highest BCUT2D eigenvalue weighted by molar-refractivity contribution is 5.79. The Hall–Kier alpha value is -1.42. The van der Waals surface area contributed by atoms with E-state index < -0.39 is 0 Å². The molecule has 19 heavy (non-hydrogen) atoms. The lowest BCUT2D eigenvalue weighted by Gasteiger charge is -2.36. The number of carbonyl (C=O) groups is 1. The molecule has 2 rings (SSSR count). The lowest BCUT2D eigenvalue weighted by molar-refractivity contribution is -0.138. The number of nitrogens with zero attached hydrogens (tertiary/aromatic N) is 3. The number of hydrogen-bond acceptors (Lipinski definition) is 3. The first-order chi connectivity index (χ1) is 9.16. The third kappa shape index (κ3) is 4.63. The second-order valence-corrected chi connectivity index (χ2v) is 4.75. The normalized spacial score (nSPS) is 16.3. The largest absolute Gasteiger partial charge is 0.338 e. The van der Waals surface area contributed by atoms with Crippen LogP contribution in [-0.2, 0) is 11.3 Å². The number of carbonyl (C=O) groups excluding carboxylic acids is 1. The van der Waals surface area contributed by atoms with Gasteiger partial charge in [0.1, 0.15) is 0 Å². The number of aromatic nitrogens is 1. The Kier molecular flexibility index (Phi) is 6.50. The maximum Gasteiger partial charge on any atom is 0.237 e. The highest BCUT2D eigenvalue weighted by Crippen LogP contribution is 2.10. The minimum atomic E-state index is 0.236. The van der Waals surface area contributed by atoms with Crippen molar-refractivity contribution in [1.29, 1.82) is 0 Å². The van der Waals surface area contributed by atoms with Crippen molar-refractivity contribution in [2.75, 3.05) is 19.6 Å². The van der Waals surface area contributed by atoms with Gasteiger partial charge in [-0.2, -0.15) is 0 Å². The van der Waals surface area contributed by atoms with E-state index in [-0.39, 0.29) is 5.91 Å². The summed E-state index contributed by atoms with van der Waals surface area (Å²) in [6.45, 7) is 11.3. The summed E-state index contributed by atoms with van der Waals surface area (Å²) in [5.41, 5.74) is 1.21. The molecule has 1 fully saturated rings. The summed E-state index contributed by atoms with van der Waals surface area (Å²) >= 11 is 0. The van der Waals surface area contributed by atoms with Crippen molar-refractivity contribution in [2.45, 2.75) is 40.3 Å². The van der Waals surface area contributed by atoms with Crippen molar-refractivity contribution in [3.05, 3.63) is 30.1 Å². The lowest BCUT2D eigenvalue weighted by atomic mass is 10.2. The van der Waals surface area contributed by atoms with E-state index in [2.05, 4.69) is 23.7 Å². The van der Waals surface area contributed by atoms with Gasteiger partial charge in [0.25, 0.3) is 0 Å². The Balaban J connectivity index is 0.000000861. The van der Waals surface area contributed by atoms with Gasteiger partial charge < -0.3 is 4.90 Å². The second-order valence-electron chi connectivity index (χ2n) is 4.75. The molecular formula is C15H25N3O. The maximum absolute atomic E-state index is 11.9. The molecule has 0 unspecified atom stereocenters. The van der Waals surface area contributed by atoms with Gasteiger partial charge in [-0.1, -0.05) is 13.8 Å². The summed E-state index contributed by atoms with van der Waals surface area (Å²) < 4.78 is 0. The highest BCUT2D eigenvalue weighted by atomic mass is 16.2. The van der Waals surface area contributed by atoms with Crippen LogP contribution >= 0.6 is 0 Å². The molecule has 1 amide bonds. The molecule has 1 aliphatic heterocycles. The molecule has 2 heterocycles. The van der Waals surface area contributed by atoms with Gasteiger partial charge in [-0.3, -0.25) is 14.7 Å². The van der Waals surface area contributed by atoms with Crippen LogP contribution in [0.5, 0.6) is 0 Å². The summed E-state index contributed by atoms with van der Waals surface area (Å²) in [7, 11) is 0. The molecule has 1 aliphatic rings. The third-order valence-corrected chi connectivity index (χ3v) is 3.12. The van der Waals surface area contributed by atoms with E-state index in [1.807, 2.05) is 30.9 Å². The van der Waals surface area contributed by atoms with Gasteiger partial charge in [0.15, 0.2) is 0 Å². The minimum Gasteiger partial charge on any atom is -0.338 e. The number of rotatable bonds is 3. The molecule has 1 aromatic heterocycles. The van der Waals surface area contributed by atoms with E-state index in [1.165, 1.54) is 5.56 Å². The first-order valence-corrected chi connectivity index (χ1v) is 7.07. The molecule has 0 atom stereocenters. The van der Waals surface area contributed by atoms with E-state index in [0.717, 1.165) is 19.6 Å². The topological polar surface area (TPSA) is 36.4 Å². The molecule has 0 aliphatic carbocycles. The van der Waals surface area contributed by atoms with Crippen LogP contribution in [0.2, 0.25) is 0 Å². The van der Waals surface area contributed by atoms with Gasteiger partial charge in [-0.25, -0.2) is 0 Å². The molecule has 0 N–H and O–H groups in total. The van der Waals surface area contributed by atoms with Gasteiger partial charge in [0.05, 0.1) is 6.54 Å². The first kappa shape index (κ1) is 15.6. The molecule has 0 spiro atoms. The lowest BCUT2D eigenvalue weighted by Crippen LogP contribution is -2.52. The quantitative estimate of drug-likeness (QED) is 0.838. The molecule has 0 bridgehead atoms. The molecule has 0 radical (unpaired) electrons. The third-order valence-electron chi connectivity index (χ3n) is 3.12. The van der Waals surface area contributed by atoms with Gasteiger partial charge in [0, 0.05) is 38.1 Å². The van der Waals surface area contributed by atoms with Crippen molar-refractivity contribution in [3.8, 4) is 0 Å². The molecule has 1 saturated heterocycles. The van der Waals surface area contributed by atoms with Crippen LogP contribution in [0.4, 0.5) is 0 Å². The monoisotopic (exact) mass is 263 g/mol.